The van der Waals surface area contributed by atoms with E-state index in [1.54, 1.807) is 6.92 Å². The molecule has 18 heavy (non-hydrogen) atoms. The van der Waals surface area contributed by atoms with Crippen molar-refractivity contribution in [2.75, 3.05) is 6.54 Å². The van der Waals surface area contributed by atoms with E-state index in [-0.39, 0.29) is 33.9 Å². The van der Waals surface area contributed by atoms with Crippen LogP contribution in [0.3, 0.4) is 0 Å². The van der Waals surface area contributed by atoms with Gasteiger partial charge >= 0.3 is 0 Å². The zero-order valence-corrected chi connectivity index (χ0v) is 11.0. The van der Waals surface area contributed by atoms with Crippen molar-refractivity contribution in [2.24, 2.45) is 5.73 Å². The quantitative estimate of drug-likeness (QED) is 0.654. The smallest absolute Gasteiger partial charge is 0.271 e. The minimum absolute atomic E-state index is 0.0237. The number of nitro benzene ring substituents is 1. The lowest BCUT2D eigenvalue weighted by Crippen LogP contribution is -2.35. The molecule has 1 rings (SSSR count). The van der Waals surface area contributed by atoms with Gasteiger partial charge in [-0.05, 0) is 6.92 Å². The summed E-state index contributed by atoms with van der Waals surface area (Å²) < 4.78 is 0. The molecule has 0 spiro atoms. The number of halogens is 2. The second-order valence-electron chi connectivity index (χ2n) is 3.73. The third-order valence-electron chi connectivity index (χ3n) is 2.05. The number of non-ortho nitro benzene ring substituents is 1. The van der Waals surface area contributed by atoms with Gasteiger partial charge in [0.05, 0.1) is 20.5 Å². The lowest BCUT2D eigenvalue weighted by molar-refractivity contribution is -0.384. The molecule has 0 fully saturated rings. The Hall–Kier alpha value is -1.37. The van der Waals surface area contributed by atoms with E-state index >= 15 is 0 Å². The number of hydrogen-bond acceptors (Lipinski definition) is 4. The van der Waals surface area contributed by atoms with Crippen LogP contribution in [0.5, 0.6) is 0 Å². The van der Waals surface area contributed by atoms with Gasteiger partial charge in [0.2, 0.25) is 0 Å². The molecule has 0 saturated heterocycles. The summed E-state index contributed by atoms with van der Waals surface area (Å²) in [4.78, 5) is 21.8. The number of nitrogens with two attached hydrogens (primary N) is 1. The Kier molecular flexibility index (Phi) is 4.89. The molecule has 0 aromatic heterocycles. The molecule has 1 amide bonds. The zero-order chi connectivity index (χ0) is 13.9. The van der Waals surface area contributed by atoms with Crippen molar-refractivity contribution in [1.29, 1.82) is 0 Å². The molecule has 3 N–H and O–H groups in total. The highest BCUT2D eigenvalue weighted by Gasteiger charge is 2.19. The van der Waals surface area contributed by atoms with Gasteiger partial charge in [0.25, 0.3) is 11.6 Å². The summed E-state index contributed by atoms with van der Waals surface area (Å²) in [6.45, 7) is 1.94. The first-order valence-electron chi connectivity index (χ1n) is 5.00. The first-order chi connectivity index (χ1) is 8.32. The normalized spacial score (nSPS) is 12.0. The van der Waals surface area contributed by atoms with Crippen LogP contribution in [0.1, 0.15) is 17.3 Å². The van der Waals surface area contributed by atoms with E-state index in [2.05, 4.69) is 5.32 Å². The molecule has 0 bridgehead atoms. The van der Waals surface area contributed by atoms with Crippen LogP contribution in [-0.2, 0) is 0 Å². The maximum absolute atomic E-state index is 11.8. The first kappa shape index (κ1) is 14.7. The van der Waals surface area contributed by atoms with Crippen molar-refractivity contribution in [3.05, 3.63) is 37.9 Å². The van der Waals surface area contributed by atoms with Crippen LogP contribution in [-0.4, -0.2) is 23.4 Å². The molecule has 0 aliphatic rings. The van der Waals surface area contributed by atoms with Gasteiger partial charge in [0.1, 0.15) is 0 Å². The number of hydrogen-bond donors (Lipinski definition) is 2. The predicted octanol–water partition coefficient (Wildman–Crippen LogP) is 1.98. The molecule has 6 nitrogen and oxygen atoms in total. The van der Waals surface area contributed by atoms with Gasteiger partial charge in [-0.15, -0.1) is 0 Å². The van der Waals surface area contributed by atoms with E-state index in [9.17, 15) is 14.9 Å². The van der Waals surface area contributed by atoms with Crippen LogP contribution >= 0.6 is 23.2 Å². The van der Waals surface area contributed by atoms with Crippen molar-refractivity contribution in [3.63, 3.8) is 0 Å². The summed E-state index contributed by atoms with van der Waals surface area (Å²) >= 11 is 11.6. The molecule has 1 unspecified atom stereocenters. The molecular weight excluding hydrogens is 281 g/mol. The van der Waals surface area contributed by atoms with Crippen LogP contribution in [0.15, 0.2) is 12.1 Å². The molecular formula is C10H11Cl2N3O3. The number of carbonyl (C=O) groups is 1. The highest BCUT2D eigenvalue weighted by Crippen LogP contribution is 2.30. The van der Waals surface area contributed by atoms with E-state index in [0.717, 1.165) is 12.1 Å². The number of nitrogens with one attached hydrogen (secondary N) is 1. The molecule has 0 aliphatic carbocycles. The van der Waals surface area contributed by atoms with Gasteiger partial charge in [-0.3, -0.25) is 14.9 Å². The Morgan fingerprint density at radius 2 is 2.17 bits per heavy atom. The number of benzene rings is 1. The molecule has 0 saturated carbocycles. The lowest BCUT2D eigenvalue weighted by atomic mass is 10.2. The Morgan fingerprint density at radius 1 is 1.56 bits per heavy atom. The third kappa shape index (κ3) is 3.56. The number of nitro groups is 1. The van der Waals surface area contributed by atoms with Gasteiger partial charge in [-0.2, -0.15) is 0 Å². The first-order valence-corrected chi connectivity index (χ1v) is 5.75. The van der Waals surface area contributed by atoms with Gasteiger partial charge in [-0.1, -0.05) is 23.2 Å². The van der Waals surface area contributed by atoms with Gasteiger partial charge in [0, 0.05) is 24.7 Å². The fourth-order valence-electron chi connectivity index (χ4n) is 1.19. The molecule has 1 atom stereocenters. The molecule has 0 aliphatic heterocycles. The Bertz CT molecular complexity index is 492. The summed E-state index contributed by atoms with van der Waals surface area (Å²) in [6, 6.07) is 1.93. The van der Waals surface area contributed by atoms with Crippen molar-refractivity contribution in [2.45, 2.75) is 13.0 Å². The summed E-state index contributed by atoms with van der Waals surface area (Å²) in [5, 5.41) is 13.1. The average molecular weight is 292 g/mol. The van der Waals surface area contributed by atoms with Crippen molar-refractivity contribution in [3.8, 4) is 0 Å². The minimum atomic E-state index is -0.648. The number of nitrogens with zero attached hydrogens (tertiary/aromatic N) is 1. The zero-order valence-electron chi connectivity index (χ0n) is 9.44. The summed E-state index contributed by atoms with van der Waals surface area (Å²) in [5.41, 5.74) is 5.14. The third-order valence-corrected chi connectivity index (χ3v) is 2.86. The summed E-state index contributed by atoms with van der Waals surface area (Å²) in [6.07, 6.45) is 0. The van der Waals surface area contributed by atoms with E-state index in [4.69, 9.17) is 28.9 Å². The summed E-state index contributed by atoms with van der Waals surface area (Å²) in [7, 11) is 0. The Labute approximate surface area is 113 Å². The highest BCUT2D eigenvalue weighted by molar-refractivity contribution is 6.44. The summed E-state index contributed by atoms with van der Waals surface area (Å²) in [5.74, 6) is -0.553. The molecule has 98 valence electrons. The number of rotatable bonds is 4. The molecule has 1 aromatic carbocycles. The van der Waals surface area contributed by atoms with Crippen LogP contribution in [0, 0.1) is 10.1 Å². The monoisotopic (exact) mass is 291 g/mol. The van der Waals surface area contributed by atoms with Gasteiger partial charge < -0.3 is 11.1 Å². The van der Waals surface area contributed by atoms with Gasteiger partial charge in [0.15, 0.2) is 0 Å². The van der Waals surface area contributed by atoms with Crippen LogP contribution in [0.4, 0.5) is 5.69 Å². The Morgan fingerprint density at radius 3 is 2.67 bits per heavy atom. The van der Waals surface area contributed by atoms with Crippen LogP contribution in [0.25, 0.3) is 0 Å². The van der Waals surface area contributed by atoms with Crippen LogP contribution in [0.2, 0.25) is 10.0 Å². The number of carbonyl (C=O) groups excluding carboxylic acids is 1. The maximum atomic E-state index is 11.8. The van der Waals surface area contributed by atoms with Crippen molar-refractivity contribution >= 4 is 34.8 Å². The lowest BCUT2D eigenvalue weighted by Gasteiger charge is -2.09. The van der Waals surface area contributed by atoms with E-state index in [1.165, 1.54) is 0 Å². The standard InChI is InChI=1S/C10H11Cl2N3O3/c1-5(13)4-14-10(16)7-2-6(15(17)18)3-8(11)9(7)12/h2-3,5H,4,13H2,1H3,(H,14,16). The van der Waals surface area contributed by atoms with Crippen LogP contribution < -0.4 is 11.1 Å². The van der Waals surface area contributed by atoms with E-state index in [1.807, 2.05) is 0 Å². The Balaban J connectivity index is 3.07. The molecule has 0 radical (unpaired) electrons. The average Bonchev–Trinajstić information content (AvgIpc) is 2.29. The van der Waals surface area contributed by atoms with E-state index < -0.39 is 10.8 Å². The second kappa shape index (κ2) is 5.99. The SMILES string of the molecule is CC(N)CNC(=O)c1cc([N+](=O)[O-])cc(Cl)c1Cl. The maximum Gasteiger partial charge on any atom is 0.271 e. The number of amides is 1. The molecule has 1 aromatic rings. The topological polar surface area (TPSA) is 98.3 Å². The molecule has 8 heteroatoms. The van der Waals surface area contributed by atoms with Crippen molar-refractivity contribution < 1.29 is 9.72 Å². The second-order valence-corrected chi connectivity index (χ2v) is 4.52. The van der Waals surface area contributed by atoms with Gasteiger partial charge in [-0.25, -0.2) is 0 Å². The van der Waals surface area contributed by atoms with Crippen molar-refractivity contribution in [1.82, 2.24) is 5.32 Å². The largest absolute Gasteiger partial charge is 0.350 e. The predicted molar refractivity (Wildman–Crippen MR) is 69.1 cm³/mol. The fraction of sp³-hybridized carbons (Fsp3) is 0.300. The minimum Gasteiger partial charge on any atom is -0.350 e. The fourth-order valence-corrected chi connectivity index (χ4v) is 1.60. The van der Waals surface area contributed by atoms with E-state index in [0.29, 0.717) is 0 Å². The highest BCUT2D eigenvalue weighted by atomic mass is 35.5. The molecule has 0 heterocycles.